The molecule has 0 saturated heterocycles. The fourth-order valence-electron chi connectivity index (χ4n) is 4.11. The van der Waals surface area contributed by atoms with E-state index in [9.17, 15) is 0 Å². The van der Waals surface area contributed by atoms with Gasteiger partial charge in [0.25, 0.3) is 0 Å². The van der Waals surface area contributed by atoms with E-state index in [-0.39, 0.29) is 0 Å². The van der Waals surface area contributed by atoms with Gasteiger partial charge in [0.2, 0.25) is 0 Å². The van der Waals surface area contributed by atoms with Crippen molar-refractivity contribution in [3.05, 3.63) is 0 Å². The first-order chi connectivity index (χ1) is 8.79. The van der Waals surface area contributed by atoms with E-state index in [2.05, 4.69) is 24.1 Å². The maximum Gasteiger partial charge on any atom is 0.00953 e. The minimum absolute atomic E-state index is 0.592. The summed E-state index contributed by atoms with van der Waals surface area (Å²) in [6, 6.07) is 0.897. The summed E-state index contributed by atoms with van der Waals surface area (Å²) in [6.45, 7) is 9.55. The van der Waals surface area contributed by atoms with E-state index < -0.39 is 0 Å². The lowest BCUT2D eigenvalue weighted by atomic mass is 9.84. The third-order valence-electron chi connectivity index (χ3n) is 5.20. The largest absolute Gasteiger partial charge is 0.316 e. The second kappa shape index (κ2) is 6.91. The molecule has 0 unspecified atom stereocenters. The first kappa shape index (κ1) is 14.3. The van der Waals surface area contributed by atoms with Gasteiger partial charge in [-0.05, 0) is 44.2 Å². The Morgan fingerprint density at radius 3 is 2.28 bits per heavy atom. The maximum absolute atomic E-state index is 3.62. The summed E-state index contributed by atoms with van der Waals surface area (Å²) >= 11 is 0. The minimum Gasteiger partial charge on any atom is -0.316 e. The maximum atomic E-state index is 3.62. The standard InChI is InChI=1S/C16H32N2/c1-3-17-13-16(11-7-8-12-16)14-18(4-2)15-9-5-6-10-15/h15,17H,3-14H2,1-2H3. The van der Waals surface area contributed by atoms with Gasteiger partial charge in [0.1, 0.15) is 0 Å². The van der Waals surface area contributed by atoms with Crippen LogP contribution >= 0.6 is 0 Å². The Kier molecular flexibility index (Phi) is 5.50. The van der Waals surface area contributed by atoms with Crippen LogP contribution in [0.15, 0.2) is 0 Å². The monoisotopic (exact) mass is 252 g/mol. The Bertz CT molecular complexity index is 227. The van der Waals surface area contributed by atoms with Gasteiger partial charge >= 0.3 is 0 Å². The third kappa shape index (κ3) is 3.48. The summed E-state index contributed by atoms with van der Waals surface area (Å²) in [7, 11) is 0. The van der Waals surface area contributed by atoms with Gasteiger partial charge in [-0.2, -0.15) is 0 Å². The van der Waals surface area contributed by atoms with E-state index in [1.807, 2.05) is 0 Å². The number of nitrogens with one attached hydrogen (secondary N) is 1. The highest BCUT2D eigenvalue weighted by molar-refractivity contribution is 4.91. The molecule has 1 N–H and O–H groups in total. The fraction of sp³-hybridized carbons (Fsp3) is 1.00. The Morgan fingerprint density at radius 1 is 1.06 bits per heavy atom. The summed E-state index contributed by atoms with van der Waals surface area (Å²) in [5.41, 5.74) is 0.592. The molecule has 0 aromatic heterocycles. The average Bonchev–Trinajstić information content (AvgIpc) is 3.05. The summed E-state index contributed by atoms with van der Waals surface area (Å²) in [4.78, 5) is 2.80. The van der Waals surface area contributed by atoms with Crippen LogP contribution in [0.25, 0.3) is 0 Å². The zero-order chi connectivity index (χ0) is 12.8. The van der Waals surface area contributed by atoms with Gasteiger partial charge < -0.3 is 10.2 Å². The lowest BCUT2D eigenvalue weighted by Gasteiger charge is -2.38. The highest BCUT2D eigenvalue weighted by atomic mass is 15.2. The van der Waals surface area contributed by atoms with E-state index in [4.69, 9.17) is 0 Å². The molecule has 0 aliphatic heterocycles. The number of hydrogen-bond donors (Lipinski definition) is 1. The van der Waals surface area contributed by atoms with Crippen LogP contribution in [0.1, 0.15) is 65.2 Å². The van der Waals surface area contributed by atoms with Crippen molar-refractivity contribution in [2.75, 3.05) is 26.2 Å². The van der Waals surface area contributed by atoms with Crippen LogP contribution in [0.4, 0.5) is 0 Å². The molecule has 0 heterocycles. The van der Waals surface area contributed by atoms with Crippen molar-refractivity contribution in [1.82, 2.24) is 10.2 Å². The molecule has 2 rings (SSSR count). The van der Waals surface area contributed by atoms with Crippen molar-refractivity contribution in [3.8, 4) is 0 Å². The molecule has 0 radical (unpaired) electrons. The van der Waals surface area contributed by atoms with E-state index in [1.54, 1.807) is 0 Å². The predicted molar refractivity (Wildman–Crippen MR) is 78.9 cm³/mol. The molecule has 2 aliphatic rings. The molecule has 0 aromatic rings. The minimum atomic E-state index is 0.592. The van der Waals surface area contributed by atoms with E-state index in [1.165, 1.54) is 71.0 Å². The molecular formula is C16H32N2. The number of rotatable bonds is 7. The normalized spacial score (nSPS) is 24.2. The van der Waals surface area contributed by atoms with Gasteiger partial charge in [-0.15, -0.1) is 0 Å². The Labute approximate surface area is 114 Å². The summed E-state index contributed by atoms with van der Waals surface area (Å²) in [5.74, 6) is 0. The van der Waals surface area contributed by atoms with Gasteiger partial charge in [-0.25, -0.2) is 0 Å². The Hall–Kier alpha value is -0.0800. The first-order valence-electron chi connectivity index (χ1n) is 8.24. The van der Waals surface area contributed by atoms with Crippen molar-refractivity contribution in [1.29, 1.82) is 0 Å². The molecule has 106 valence electrons. The molecule has 0 aromatic carbocycles. The third-order valence-corrected chi connectivity index (χ3v) is 5.20. The first-order valence-corrected chi connectivity index (χ1v) is 8.24. The molecular weight excluding hydrogens is 220 g/mol. The average molecular weight is 252 g/mol. The quantitative estimate of drug-likeness (QED) is 0.747. The predicted octanol–water partition coefficient (Wildman–Crippen LogP) is 3.42. The van der Waals surface area contributed by atoms with Crippen molar-refractivity contribution in [2.45, 2.75) is 71.3 Å². The van der Waals surface area contributed by atoms with Crippen LogP contribution < -0.4 is 5.32 Å². The number of hydrogen-bond acceptors (Lipinski definition) is 2. The van der Waals surface area contributed by atoms with Gasteiger partial charge in [0.15, 0.2) is 0 Å². The van der Waals surface area contributed by atoms with Crippen molar-refractivity contribution in [3.63, 3.8) is 0 Å². The summed E-state index contributed by atoms with van der Waals surface area (Å²) < 4.78 is 0. The van der Waals surface area contributed by atoms with Crippen LogP contribution in [0, 0.1) is 5.41 Å². The number of nitrogens with zero attached hydrogens (tertiary/aromatic N) is 1. The van der Waals surface area contributed by atoms with Crippen LogP contribution in [-0.2, 0) is 0 Å². The van der Waals surface area contributed by atoms with Crippen molar-refractivity contribution < 1.29 is 0 Å². The smallest absolute Gasteiger partial charge is 0.00953 e. The highest BCUT2D eigenvalue weighted by Gasteiger charge is 2.36. The van der Waals surface area contributed by atoms with Crippen LogP contribution in [-0.4, -0.2) is 37.1 Å². The second-order valence-corrected chi connectivity index (χ2v) is 6.49. The zero-order valence-electron chi connectivity index (χ0n) is 12.5. The van der Waals surface area contributed by atoms with Crippen molar-refractivity contribution in [2.24, 2.45) is 5.41 Å². The van der Waals surface area contributed by atoms with Crippen LogP contribution in [0.3, 0.4) is 0 Å². The summed E-state index contributed by atoms with van der Waals surface area (Å²) in [6.07, 6.45) is 11.6. The lowest BCUT2D eigenvalue weighted by molar-refractivity contribution is 0.115. The van der Waals surface area contributed by atoms with Gasteiger partial charge in [-0.1, -0.05) is 39.5 Å². The Morgan fingerprint density at radius 2 is 1.72 bits per heavy atom. The SMILES string of the molecule is CCNCC1(CN(CC)C2CCCC2)CCCC1. The van der Waals surface area contributed by atoms with E-state index in [0.29, 0.717) is 5.41 Å². The van der Waals surface area contributed by atoms with Gasteiger partial charge in [0.05, 0.1) is 0 Å². The zero-order valence-corrected chi connectivity index (χ0v) is 12.5. The highest BCUT2D eigenvalue weighted by Crippen LogP contribution is 2.39. The molecule has 0 atom stereocenters. The molecule has 0 bridgehead atoms. The fourth-order valence-corrected chi connectivity index (χ4v) is 4.11. The van der Waals surface area contributed by atoms with E-state index >= 15 is 0 Å². The molecule has 0 amide bonds. The molecule has 18 heavy (non-hydrogen) atoms. The summed E-state index contributed by atoms with van der Waals surface area (Å²) in [5, 5.41) is 3.62. The van der Waals surface area contributed by atoms with Crippen LogP contribution in [0.5, 0.6) is 0 Å². The van der Waals surface area contributed by atoms with Crippen LogP contribution in [0.2, 0.25) is 0 Å². The van der Waals surface area contributed by atoms with Gasteiger partial charge in [0, 0.05) is 19.1 Å². The molecule has 2 aliphatic carbocycles. The Balaban J connectivity index is 1.93. The molecule has 2 heteroatoms. The molecule has 2 fully saturated rings. The lowest BCUT2D eigenvalue weighted by Crippen LogP contribution is -2.45. The molecule has 0 spiro atoms. The van der Waals surface area contributed by atoms with Crippen molar-refractivity contribution >= 4 is 0 Å². The molecule has 2 nitrogen and oxygen atoms in total. The second-order valence-electron chi connectivity index (χ2n) is 6.49. The van der Waals surface area contributed by atoms with Gasteiger partial charge in [-0.3, -0.25) is 0 Å². The topological polar surface area (TPSA) is 15.3 Å². The van der Waals surface area contributed by atoms with E-state index in [0.717, 1.165) is 12.6 Å². The molecule has 2 saturated carbocycles.